The number of carboxylic acids is 2. The van der Waals surface area contributed by atoms with Gasteiger partial charge >= 0.3 is 11.9 Å². The maximum absolute atomic E-state index is 13.6. The second kappa shape index (κ2) is 13.4. The molecule has 6 rings (SSSR count). The summed E-state index contributed by atoms with van der Waals surface area (Å²) < 4.78 is 22.2. The monoisotopic (exact) mass is 686 g/mol. The average Bonchev–Trinajstić information content (AvgIpc) is 3.40. The van der Waals surface area contributed by atoms with Crippen molar-refractivity contribution >= 4 is 17.7 Å². The van der Waals surface area contributed by atoms with E-state index in [4.69, 9.17) is 18.9 Å². The number of Topliss-reactive ketones (excluding diaryl/α,β-unsaturated/α-hetero) is 1. The number of carbonyl (C=O) groups is 3. The van der Waals surface area contributed by atoms with Gasteiger partial charge in [0.1, 0.15) is 43.2 Å². The number of aliphatic hydroxyl groups excluding tert-OH is 6. The second-order valence-corrected chi connectivity index (χ2v) is 15.6. The predicted molar refractivity (Wildman–Crippen MR) is 160 cm³/mol. The van der Waals surface area contributed by atoms with Crippen molar-refractivity contribution in [3.05, 3.63) is 0 Å². The van der Waals surface area contributed by atoms with E-state index in [1.54, 1.807) is 0 Å². The van der Waals surface area contributed by atoms with E-state index < -0.39 is 80.0 Å². The lowest BCUT2D eigenvalue weighted by Crippen LogP contribution is -2.61. The number of aliphatic carboxylic acids is 2. The molecular weight excluding hydrogens is 636 g/mol. The van der Waals surface area contributed by atoms with Gasteiger partial charge in [0, 0.05) is 5.92 Å². The number of fused-ring (bicyclic) bond motifs is 5. The Hall–Kier alpha value is -1.79. The highest BCUT2D eigenvalue weighted by Crippen LogP contribution is 2.67. The quantitative estimate of drug-likeness (QED) is 0.149. The number of ketones is 1. The number of hydrogen-bond donors (Lipinski definition) is 8. The van der Waals surface area contributed by atoms with Crippen LogP contribution in [-0.2, 0) is 33.3 Å². The molecule has 4 aliphatic carbocycles. The number of carbonyl (C=O) groups excluding carboxylic acids is 1. The number of aliphatic hydroxyl groups is 6. The van der Waals surface area contributed by atoms with Gasteiger partial charge in [-0.25, -0.2) is 9.59 Å². The highest BCUT2D eigenvalue weighted by Gasteiger charge is 2.61. The van der Waals surface area contributed by atoms with E-state index in [1.165, 1.54) is 0 Å². The molecule has 0 aromatic carbocycles. The number of carboxylic acid groups (broad SMARTS) is 2. The minimum atomic E-state index is -1.84. The van der Waals surface area contributed by atoms with Gasteiger partial charge in [-0.3, -0.25) is 4.79 Å². The van der Waals surface area contributed by atoms with Crippen LogP contribution in [0.5, 0.6) is 0 Å². The molecule has 15 nitrogen and oxygen atoms in total. The summed E-state index contributed by atoms with van der Waals surface area (Å²) in [4.78, 5) is 36.6. The van der Waals surface area contributed by atoms with E-state index in [1.807, 2.05) is 0 Å². The van der Waals surface area contributed by atoms with E-state index in [9.17, 15) is 55.2 Å². The third kappa shape index (κ3) is 6.01. The average molecular weight is 687 g/mol. The van der Waals surface area contributed by atoms with Crippen molar-refractivity contribution in [1.82, 2.24) is 0 Å². The fourth-order valence-electron chi connectivity index (χ4n) is 10.7. The molecule has 4 saturated carbocycles. The third-order valence-electron chi connectivity index (χ3n) is 13.3. The van der Waals surface area contributed by atoms with Crippen LogP contribution >= 0.6 is 0 Å². The first-order chi connectivity index (χ1) is 22.6. The summed E-state index contributed by atoms with van der Waals surface area (Å²) in [5.41, 5.74) is -0.224. The minimum Gasteiger partial charge on any atom is -0.479 e. The predicted octanol–water partition coefficient (Wildman–Crippen LogP) is -0.599. The van der Waals surface area contributed by atoms with Gasteiger partial charge in [0.25, 0.3) is 0 Å². The Morgan fingerprint density at radius 3 is 1.85 bits per heavy atom. The van der Waals surface area contributed by atoms with Crippen molar-refractivity contribution in [2.24, 2.45) is 40.4 Å². The first-order valence-corrected chi connectivity index (χ1v) is 17.2. The summed E-state index contributed by atoms with van der Waals surface area (Å²) in [6.45, 7) is 4.11. The van der Waals surface area contributed by atoms with Gasteiger partial charge in [0.2, 0.25) is 0 Å². The SMILES string of the molecule is C[C@]12CC[C@H](OC3O[C@H](C(=O)O)[C@@H](O)[C@H](O)[C@H]3O)C[C@@H]1CC[C@@H]1[C@@H]2CC[C@]2(C)[C@@H](C(=O)COC3O[C@H](C(=O)O)[C@@H](O)[C@H](O)[C@H]3O)CC[C@@H]12. The highest BCUT2D eigenvalue weighted by molar-refractivity contribution is 5.83. The van der Waals surface area contributed by atoms with Crippen LogP contribution in [0.4, 0.5) is 0 Å². The van der Waals surface area contributed by atoms with Crippen LogP contribution in [-0.4, -0.2) is 133 Å². The molecule has 48 heavy (non-hydrogen) atoms. The van der Waals surface area contributed by atoms with Crippen LogP contribution < -0.4 is 0 Å². The third-order valence-corrected chi connectivity index (χ3v) is 13.3. The lowest BCUT2D eigenvalue weighted by Gasteiger charge is -2.61. The highest BCUT2D eigenvalue weighted by atomic mass is 16.7. The van der Waals surface area contributed by atoms with Crippen molar-refractivity contribution in [2.45, 2.75) is 139 Å². The summed E-state index contributed by atoms with van der Waals surface area (Å²) in [6.07, 6.45) is -9.63. The molecule has 6 fully saturated rings. The summed E-state index contributed by atoms with van der Waals surface area (Å²) in [5, 5.41) is 79.7. The van der Waals surface area contributed by atoms with Crippen LogP contribution in [0.1, 0.15) is 71.6 Å². The Labute approximate surface area is 278 Å². The molecule has 0 amide bonds. The molecule has 0 radical (unpaired) electrons. The van der Waals surface area contributed by atoms with E-state index in [0.717, 1.165) is 38.5 Å². The van der Waals surface area contributed by atoms with Gasteiger partial charge in [0.05, 0.1) is 6.10 Å². The summed E-state index contributed by atoms with van der Waals surface area (Å²) >= 11 is 0. The van der Waals surface area contributed by atoms with Crippen LogP contribution in [0, 0.1) is 40.4 Å². The number of rotatable bonds is 8. The van der Waals surface area contributed by atoms with E-state index in [-0.39, 0.29) is 28.6 Å². The van der Waals surface area contributed by atoms with Crippen molar-refractivity contribution in [3.8, 4) is 0 Å². The lowest BCUT2D eigenvalue weighted by atomic mass is 9.44. The van der Waals surface area contributed by atoms with Crippen LogP contribution in [0.2, 0.25) is 0 Å². The van der Waals surface area contributed by atoms with E-state index in [2.05, 4.69) is 13.8 Å². The van der Waals surface area contributed by atoms with Crippen molar-refractivity contribution < 1.29 is 74.2 Å². The molecule has 8 N–H and O–H groups in total. The van der Waals surface area contributed by atoms with E-state index in [0.29, 0.717) is 42.9 Å². The van der Waals surface area contributed by atoms with Gasteiger partial charge in [-0.15, -0.1) is 0 Å². The second-order valence-electron chi connectivity index (χ2n) is 15.6. The zero-order valence-electron chi connectivity index (χ0n) is 27.2. The van der Waals surface area contributed by atoms with Crippen molar-refractivity contribution in [2.75, 3.05) is 6.61 Å². The van der Waals surface area contributed by atoms with Crippen molar-refractivity contribution in [3.63, 3.8) is 0 Å². The zero-order valence-corrected chi connectivity index (χ0v) is 27.2. The van der Waals surface area contributed by atoms with E-state index >= 15 is 0 Å². The van der Waals surface area contributed by atoms with Crippen LogP contribution in [0.15, 0.2) is 0 Å². The first kappa shape index (κ1) is 36.0. The smallest absolute Gasteiger partial charge is 0.335 e. The number of ether oxygens (including phenoxy) is 4. The molecular formula is C33H50O15. The standard InChI is InChI=1S/C33H50O15/c1-32-9-7-14(46-31-25(40)21(36)23(38)27(48-31)29(43)44)11-13(32)3-4-15-16-5-6-18(33(16,2)10-8-17(15)32)19(34)12-45-30-24(39)20(35)22(37)26(47-30)28(41)42/h13-18,20-27,30-31,35-40H,3-12H2,1-2H3,(H,41,42)(H,43,44)/t13-,14-,15-,16-,17-,18+,20-,21-,22-,23-,24+,25+,26-,27-,30?,31?,32-,33-/m0/s1. The number of hydrogen-bond acceptors (Lipinski definition) is 13. The van der Waals surface area contributed by atoms with Crippen molar-refractivity contribution in [1.29, 1.82) is 0 Å². The maximum atomic E-state index is 13.6. The fourth-order valence-corrected chi connectivity index (χ4v) is 10.7. The molecule has 6 aliphatic rings. The normalized spacial score (nSPS) is 52.1. The largest absolute Gasteiger partial charge is 0.479 e. The summed E-state index contributed by atoms with van der Waals surface area (Å²) in [6, 6.07) is 0. The molecule has 2 unspecified atom stereocenters. The summed E-state index contributed by atoms with van der Waals surface area (Å²) in [5.74, 6) is -1.89. The molecule has 18 atom stereocenters. The van der Waals surface area contributed by atoms with Gasteiger partial charge in [-0.1, -0.05) is 13.8 Å². The molecule has 272 valence electrons. The molecule has 15 heteroatoms. The van der Waals surface area contributed by atoms with Crippen LogP contribution in [0.3, 0.4) is 0 Å². The Balaban J connectivity index is 1.06. The van der Waals surface area contributed by atoms with Gasteiger partial charge < -0.3 is 59.8 Å². The maximum Gasteiger partial charge on any atom is 0.335 e. The molecule has 2 heterocycles. The molecule has 2 saturated heterocycles. The fraction of sp³-hybridized carbons (Fsp3) is 0.909. The first-order valence-electron chi connectivity index (χ1n) is 17.2. The lowest BCUT2D eigenvalue weighted by molar-refractivity contribution is -0.309. The molecule has 2 aliphatic heterocycles. The molecule has 0 spiro atoms. The zero-order chi connectivity index (χ0) is 34.9. The molecule has 0 aromatic rings. The van der Waals surface area contributed by atoms with Gasteiger partial charge in [-0.2, -0.15) is 0 Å². The molecule has 0 bridgehead atoms. The molecule has 0 aromatic heterocycles. The van der Waals surface area contributed by atoms with Gasteiger partial charge in [-0.05, 0) is 92.3 Å². The Morgan fingerprint density at radius 1 is 0.667 bits per heavy atom. The topological polar surface area (TPSA) is 250 Å². The van der Waals surface area contributed by atoms with Crippen LogP contribution in [0.25, 0.3) is 0 Å². The summed E-state index contributed by atoms with van der Waals surface area (Å²) in [7, 11) is 0. The Morgan fingerprint density at radius 2 is 1.23 bits per heavy atom. The van der Waals surface area contributed by atoms with Gasteiger partial charge in [0.15, 0.2) is 30.6 Å². The Bertz CT molecular complexity index is 1230. The minimum absolute atomic E-state index is 0.0290. The Kier molecular flexibility index (Phi) is 10.1.